The van der Waals surface area contributed by atoms with Crippen molar-refractivity contribution in [3.05, 3.63) is 103 Å². The van der Waals surface area contributed by atoms with Crippen LogP contribution in [0.5, 0.6) is 0 Å². The van der Waals surface area contributed by atoms with Crippen molar-refractivity contribution in [1.29, 1.82) is 0 Å². The molecule has 1 heteroatoms. The van der Waals surface area contributed by atoms with Crippen molar-refractivity contribution in [2.75, 3.05) is 0 Å². The van der Waals surface area contributed by atoms with Crippen LogP contribution in [0.1, 0.15) is 5.56 Å². The van der Waals surface area contributed by atoms with E-state index in [1.807, 2.05) is 12.3 Å². The summed E-state index contributed by atoms with van der Waals surface area (Å²) in [4.78, 5) is 4.82. The highest BCUT2D eigenvalue weighted by atomic mass is 14.7. The van der Waals surface area contributed by atoms with Crippen molar-refractivity contribution in [1.82, 2.24) is 4.98 Å². The van der Waals surface area contributed by atoms with Gasteiger partial charge in [0.05, 0.1) is 5.52 Å². The summed E-state index contributed by atoms with van der Waals surface area (Å²) in [6.07, 6.45) is 1.89. The van der Waals surface area contributed by atoms with Gasteiger partial charge in [-0.15, -0.1) is 0 Å². The second-order valence-corrected chi connectivity index (χ2v) is 6.93. The van der Waals surface area contributed by atoms with Gasteiger partial charge in [0.15, 0.2) is 0 Å². The molecule has 0 bridgehead atoms. The molecule has 1 nitrogen and oxygen atoms in total. The zero-order valence-electron chi connectivity index (χ0n) is 15.2. The van der Waals surface area contributed by atoms with Crippen LogP contribution in [0.4, 0.5) is 0 Å². The van der Waals surface area contributed by atoms with Crippen molar-refractivity contribution in [2.24, 2.45) is 0 Å². The Labute approximate surface area is 158 Å². The van der Waals surface area contributed by atoms with E-state index in [0.29, 0.717) is 0 Å². The summed E-state index contributed by atoms with van der Waals surface area (Å²) in [5.74, 6) is 0. The Morgan fingerprint density at radius 1 is 0.556 bits per heavy atom. The minimum Gasteiger partial charge on any atom is -0.256 e. The maximum atomic E-state index is 4.82. The van der Waals surface area contributed by atoms with Crippen molar-refractivity contribution in [2.45, 2.75) is 6.92 Å². The third kappa shape index (κ3) is 2.60. The lowest BCUT2D eigenvalue weighted by Crippen LogP contribution is -1.92. The van der Waals surface area contributed by atoms with Gasteiger partial charge in [0.1, 0.15) is 0 Å². The van der Waals surface area contributed by atoms with Crippen LogP contribution >= 0.6 is 0 Å². The molecule has 0 spiro atoms. The second-order valence-electron chi connectivity index (χ2n) is 6.93. The number of nitrogens with zero attached hydrogens (tertiary/aromatic N) is 1. The molecule has 5 rings (SSSR count). The molecule has 27 heavy (non-hydrogen) atoms. The first kappa shape index (κ1) is 15.8. The molecule has 4 aromatic carbocycles. The normalized spacial score (nSPS) is 11.1. The molecule has 0 radical (unpaired) electrons. The van der Waals surface area contributed by atoms with Crippen LogP contribution in [-0.2, 0) is 0 Å². The van der Waals surface area contributed by atoms with E-state index < -0.39 is 0 Å². The number of fused-ring (bicyclic) bond motifs is 2. The summed E-state index contributed by atoms with van der Waals surface area (Å²) in [7, 11) is 0. The molecule has 0 unspecified atom stereocenters. The number of hydrogen-bond donors (Lipinski definition) is 0. The molecule has 0 fully saturated rings. The maximum absolute atomic E-state index is 4.82. The quantitative estimate of drug-likeness (QED) is 0.313. The topological polar surface area (TPSA) is 12.9 Å². The minimum absolute atomic E-state index is 1.05. The van der Waals surface area contributed by atoms with Gasteiger partial charge in [-0.25, -0.2) is 0 Å². The molecule has 128 valence electrons. The first-order valence-electron chi connectivity index (χ1n) is 9.25. The summed E-state index contributed by atoms with van der Waals surface area (Å²) < 4.78 is 0. The minimum atomic E-state index is 1.05. The lowest BCUT2D eigenvalue weighted by atomic mass is 9.88. The summed E-state index contributed by atoms with van der Waals surface area (Å²) in [5, 5.41) is 3.70. The van der Waals surface area contributed by atoms with Crippen LogP contribution in [0.15, 0.2) is 97.2 Å². The average molecular weight is 345 g/mol. The van der Waals surface area contributed by atoms with Crippen molar-refractivity contribution in [3.8, 4) is 22.3 Å². The van der Waals surface area contributed by atoms with Gasteiger partial charge in [-0.1, -0.05) is 90.5 Å². The van der Waals surface area contributed by atoms with Gasteiger partial charge in [0, 0.05) is 17.1 Å². The molecule has 0 aliphatic rings. The Bertz CT molecular complexity index is 1210. The zero-order valence-corrected chi connectivity index (χ0v) is 15.2. The summed E-state index contributed by atoms with van der Waals surface area (Å²) in [6.45, 7) is 2.14. The number of benzene rings is 4. The summed E-state index contributed by atoms with van der Waals surface area (Å²) in [6, 6.07) is 32.2. The van der Waals surface area contributed by atoms with E-state index in [-0.39, 0.29) is 0 Å². The third-order valence-corrected chi connectivity index (χ3v) is 5.15. The number of pyridine rings is 1. The van der Waals surface area contributed by atoms with E-state index in [1.54, 1.807) is 0 Å². The van der Waals surface area contributed by atoms with Crippen LogP contribution in [0, 0.1) is 6.92 Å². The van der Waals surface area contributed by atoms with Gasteiger partial charge in [-0.2, -0.15) is 0 Å². The van der Waals surface area contributed by atoms with Crippen molar-refractivity contribution in [3.63, 3.8) is 0 Å². The van der Waals surface area contributed by atoms with Crippen molar-refractivity contribution >= 4 is 21.7 Å². The van der Waals surface area contributed by atoms with Gasteiger partial charge in [0.25, 0.3) is 0 Å². The lowest BCUT2D eigenvalue weighted by molar-refractivity contribution is 1.41. The smallest absolute Gasteiger partial charge is 0.0792 e. The molecular formula is C26H19N. The van der Waals surface area contributed by atoms with Crippen LogP contribution < -0.4 is 0 Å². The Hall–Kier alpha value is -3.45. The second kappa shape index (κ2) is 6.37. The zero-order chi connectivity index (χ0) is 18.2. The lowest BCUT2D eigenvalue weighted by Gasteiger charge is -2.17. The standard InChI is InChI=1S/C26H19N/c1-18-9-7-12-20(17-18)24-21-13-5-6-14-22(21)25(19-10-3-2-4-11-19)26-23(24)15-8-16-27-26/h2-17H,1H3. The van der Waals surface area contributed by atoms with E-state index >= 15 is 0 Å². The molecule has 0 saturated heterocycles. The van der Waals surface area contributed by atoms with Crippen molar-refractivity contribution < 1.29 is 0 Å². The van der Waals surface area contributed by atoms with Crippen LogP contribution in [-0.4, -0.2) is 4.98 Å². The van der Waals surface area contributed by atoms with E-state index in [1.165, 1.54) is 44.0 Å². The van der Waals surface area contributed by atoms with Gasteiger partial charge < -0.3 is 0 Å². The Morgan fingerprint density at radius 2 is 1.22 bits per heavy atom. The molecule has 0 aliphatic heterocycles. The fourth-order valence-electron chi connectivity index (χ4n) is 4.01. The molecule has 5 aromatic rings. The monoisotopic (exact) mass is 345 g/mol. The molecule has 0 N–H and O–H groups in total. The predicted molar refractivity (Wildman–Crippen MR) is 115 cm³/mol. The number of hydrogen-bond acceptors (Lipinski definition) is 1. The number of aryl methyl sites for hydroxylation is 1. The van der Waals surface area contributed by atoms with Crippen LogP contribution in [0.3, 0.4) is 0 Å². The highest BCUT2D eigenvalue weighted by molar-refractivity contribution is 6.20. The van der Waals surface area contributed by atoms with E-state index in [4.69, 9.17) is 4.98 Å². The highest BCUT2D eigenvalue weighted by Gasteiger charge is 2.16. The SMILES string of the molecule is Cc1cccc(-c2c3ccccc3c(-c3ccccc3)c3ncccc23)c1. The van der Waals surface area contributed by atoms with Gasteiger partial charge >= 0.3 is 0 Å². The van der Waals surface area contributed by atoms with Crippen LogP contribution in [0.2, 0.25) is 0 Å². The first-order valence-corrected chi connectivity index (χ1v) is 9.25. The fourth-order valence-corrected chi connectivity index (χ4v) is 4.01. The molecular weight excluding hydrogens is 326 g/mol. The van der Waals surface area contributed by atoms with E-state index in [2.05, 4.69) is 91.9 Å². The third-order valence-electron chi connectivity index (χ3n) is 5.15. The Balaban J connectivity index is 2.01. The Kier molecular flexibility index (Phi) is 3.72. The molecule has 1 aromatic heterocycles. The molecule has 0 saturated carbocycles. The van der Waals surface area contributed by atoms with Crippen LogP contribution in [0.25, 0.3) is 43.9 Å². The van der Waals surface area contributed by atoms with Gasteiger partial charge in [-0.05, 0) is 40.5 Å². The highest BCUT2D eigenvalue weighted by Crippen LogP contribution is 2.42. The van der Waals surface area contributed by atoms with E-state index in [0.717, 1.165) is 5.52 Å². The summed E-state index contributed by atoms with van der Waals surface area (Å²) in [5.41, 5.74) is 7.23. The summed E-state index contributed by atoms with van der Waals surface area (Å²) >= 11 is 0. The Morgan fingerprint density at radius 3 is 2.00 bits per heavy atom. The average Bonchev–Trinajstić information content (AvgIpc) is 2.72. The first-order chi connectivity index (χ1) is 13.3. The number of aromatic nitrogens is 1. The molecule has 1 heterocycles. The van der Waals surface area contributed by atoms with E-state index in [9.17, 15) is 0 Å². The number of rotatable bonds is 2. The maximum Gasteiger partial charge on any atom is 0.0792 e. The van der Waals surface area contributed by atoms with Gasteiger partial charge in [-0.3, -0.25) is 4.98 Å². The molecule has 0 amide bonds. The largest absolute Gasteiger partial charge is 0.256 e. The molecule has 0 atom stereocenters. The molecule has 0 aliphatic carbocycles. The fraction of sp³-hybridized carbons (Fsp3) is 0.0385. The van der Waals surface area contributed by atoms with Gasteiger partial charge in [0.2, 0.25) is 0 Å². The predicted octanol–water partition coefficient (Wildman–Crippen LogP) is 7.03.